The Morgan fingerprint density at radius 3 is 2.72 bits per heavy atom. The van der Waals surface area contributed by atoms with Crippen LogP contribution in [0, 0.1) is 5.41 Å². The van der Waals surface area contributed by atoms with Crippen molar-refractivity contribution in [1.82, 2.24) is 0 Å². The number of aryl methyl sites for hydroxylation is 1. The van der Waals surface area contributed by atoms with Crippen molar-refractivity contribution in [2.24, 2.45) is 5.41 Å². The first-order valence-electron chi connectivity index (χ1n) is 6.50. The molecule has 2 aliphatic rings. The molecule has 0 saturated heterocycles. The van der Waals surface area contributed by atoms with Crippen LogP contribution in [0.3, 0.4) is 0 Å². The van der Waals surface area contributed by atoms with E-state index >= 15 is 0 Å². The minimum Gasteiger partial charge on any atom is -0.396 e. The van der Waals surface area contributed by atoms with Crippen molar-refractivity contribution in [3.05, 3.63) is 29.3 Å². The van der Waals surface area contributed by atoms with Gasteiger partial charge < -0.3 is 5.11 Å². The molecule has 1 aliphatic carbocycles. The average Bonchev–Trinajstić information content (AvgIpc) is 3.09. The van der Waals surface area contributed by atoms with Crippen LogP contribution in [0.15, 0.2) is 23.1 Å². The Balaban J connectivity index is 1.92. The maximum Gasteiger partial charge on any atom is 0.178 e. The lowest BCUT2D eigenvalue weighted by molar-refractivity contribution is 0.211. The maximum atomic E-state index is 11.9. The highest BCUT2D eigenvalue weighted by Gasteiger charge is 2.41. The number of aliphatic hydroxyl groups is 1. The summed E-state index contributed by atoms with van der Waals surface area (Å²) in [6, 6.07) is 5.70. The summed E-state index contributed by atoms with van der Waals surface area (Å²) >= 11 is 0. The van der Waals surface area contributed by atoms with Crippen molar-refractivity contribution in [2.75, 3.05) is 12.4 Å². The summed E-state index contributed by atoms with van der Waals surface area (Å²) in [5, 5.41) is 9.34. The Hall–Kier alpha value is -0.870. The average molecular weight is 266 g/mol. The SMILES string of the molecule is O=S1(=O)CCCc2cc(CC3(CO)CC3)ccc21. The minimum absolute atomic E-state index is 0.0851. The van der Waals surface area contributed by atoms with Crippen molar-refractivity contribution in [1.29, 1.82) is 0 Å². The molecule has 0 atom stereocenters. The van der Waals surface area contributed by atoms with Gasteiger partial charge in [0.05, 0.1) is 10.6 Å². The van der Waals surface area contributed by atoms with Crippen LogP contribution in [0.5, 0.6) is 0 Å². The van der Waals surface area contributed by atoms with Gasteiger partial charge in [-0.15, -0.1) is 0 Å². The summed E-state index contributed by atoms with van der Waals surface area (Å²) in [4.78, 5) is 0.520. The first-order chi connectivity index (χ1) is 8.55. The van der Waals surface area contributed by atoms with E-state index in [2.05, 4.69) is 0 Å². The van der Waals surface area contributed by atoms with Gasteiger partial charge in [-0.1, -0.05) is 12.1 Å². The quantitative estimate of drug-likeness (QED) is 0.906. The summed E-state index contributed by atoms with van der Waals surface area (Å²) in [5.74, 6) is 0.278. The molecule has 18 heavy (non-hydrogen) atoms. The fourth-order valence-corrected chi connectivity index (χ4v) is 4.38. The molecule has 1 heterocycles. The van der Waals surface area contributed by atoms with Gasteiger partial charge in [-0.05, 0) is 54.7 Å². The molecule has 4 heteroatoms. The maximum absolute atomic E-state index is 11.9. The molecule has 1 aliphatic heterocycles. The monoisotopic (exact) mass is 266 g/mol. The lowest BCUT2D eigenvalue weighted by Gasteiger charge is -2.18. The largest absolute Gasteiger partial charge is 0.396 e. The highest BCUT2D eigenvalue weighted by Crippen LogP contribution is 2.48. The van der Waals surface area contributed by atoms with E-state index in [4.69, 9.17) is 0 Å². The van der Waals surface area contributed by atoms with Gasteiger partial charge in [-0.3, -0.25) is 0 Å². The fourth-order valence-electron chi connectivity index (χ4n) is 2.80. The van der Waals surface area contributed by atoms with Crippen LogP contribution in [-0.4, -0.2) is 25.9 Å². The van der Waals surface area contributed by atoms with Crippen LogP contribution in [0.4, 0.5) is 0 Å². The third kappa shape index (κ3) is 2.08. The second-order valence-corrected chi connectivity index (χ2v) is 7.78. The van der Waals surface area contributed by atoms with Crippen LogP contribution in [-0.2, 0) is 22.7 Å². The van der Waals surface area contributed by atoms with E-state index in [0.29, 0.717) is 4.90 Å². The van der Waals surface area contributed by atoms with Crippen molar-refractivity contribution in [3.8, 4) is 0 Å². The molecule has 0 bridgehead atoms. The standard InChI is InChI=1S/C14H18O3S/c15-10-14(5-6-14)9-11-3-4-13-12(8-11)2-1-7-18(13,16)17/h3-4,8,15H,1-2,5-7,9-10H2. The Kier molecular flexibility index (Phi) is 2.75. The summed E-state index contributed by atoms with van der Waals surface area (Å²) in [7, 11) is -3.04. The van der Waals surface area contributed by atoms with Crippen molar-refractivity contribution >= 4 is 9.84 Å². The summed E-state index contributed by atoms with van der Waals surface area (Å²) in [5.41, 5.74) is 2.21. The second-order valence-electron chi connectivity index (χ2n) is 5.70. The molecule has 98 valence electrons. The van der Waals surface area contributed by atoms with E-state index in [1.165, 1.54) is 0 Å². The predicted molar refractivity (Wildman–Crippen MR) is 69.3 cm³/mol. The van der Waals surface area contributed by atoms with Crippen LogP contribution < -0.4 is 0 Å². The van der Waals surface area contributed by atoms with Crippen LogP contribution in [0.2, 0.25) is 0 Å². The highest BCUT2D eigenvalue weighted by atomic mass is 32.2. The van der Waals surface area contributed by atoms with E-state index in [1.54, 1.807) is 6.07 Å². The first kappa shape index (κ1) is 12.2. The third-order valence-corrected chi connectivity index (χ3v) is 6.09. The van der Waals surface area contributed by atoms with E-state index in [1.807, 2.05) is 12.1 Å². The van der Waals surface area contributed by atoms with Gasteiger partial charge in [0.15, 0.2) is 9.84 Å². The Bertz CT molecular complexity index is 571. The predicted octanol–water partition coefficient (Wildman–Crippen LogP) is 1.72. The second kappa shape index (κ2) is 4.07. The molecule has 1 aromatic carbocycles. The molecule has 1 saturated carbocycles. The van der Waals surface area contributed by atoms with Gasteiger partial charge in [0, 0.05) is 6.61 Å². The van der Waals surface area contributed by atoms with Crippen molar-refractivity contribution < 1.29 is 13.5 Å². The zero-order valence-corrected chi connectivity index (χ0v) is 11.2. The summed E-state index contributed by atoms with van der Waals surface area (Å²) in [6.07, 6.45) is 4.62. The summed E-state index contributed by atoms with van der Waals surface area (Å²) < 4.78 is 23.8. The molecule has 0 aromatic heterocycles. The smallest absolute Gasteiger partial charge is 0.178 e. The zero-order valence-electron chi connectivity index (χ0n) is 10.4. The third-order valence-electron chi connectivity index (χ3n) is 4.19. The molecule has 0 spiro atoms. The number of benzene rings is 1. The van der Waals surface area contributed by atoms with Crippen molar-refractivity contribution in [2.45, 2.75) is 37.0 Å². The number of aliphatic hydroxyl groups excluding tert-OH is 1. The molecule has 1 N–H and O–H groups in total. The Morgan fingerprint density at radius 1 is 1.28 bits per heavy atom. The van der Waals surface area contributed by atoms with Gasteiger partial charge >= 0.3 is 0 Å². The van der Waals surface area contributed by atoms with Gasteiger partial charge in [0.1, 0.15) is 0 Å². The van der Waals surface area contributed by atoms with E-state index in [-0.39, 0.29) is 17.8 Å². The van der Waals surface area contributed by atoms with Gasteiger partial charge in [-0.25, -0.2) is 8.42 Å². The first-order valence-corrected chi connectivity index (χ1v) is 8.15. The summed E-state index contributed by atoms with van der Waals surface area (Å²) in [6.45, 7) is 0.238. The van der Waals surface area contributed by atoms with E-state index < -0.39 is 9.84 Å². The van der Waals surface area contributed by atoms with Crippen molar-refractivity contribution in [3.63, 3.8) is 0 Å². The number of fused-ring (bicyclic) bond motifs is 1. The van der Waals surface area contributed by atoms with Crippen LogP contribution in [0.1, 0.15) is 30.4 Å². The normalized spacial score (nSPS) is 23.4. The van der Waals surface area contributed by atoms with Gasteiger partial charge in [0.25, 0.3) is 0 Å². The van der Waals surface area contributed by atoms with Crippen LogP contribution >= 0.6 is 0 Å². The molecule has 3 nitrogen and oxygen atoms in total. The zero-order chi connectivity index (χ0) is 12.8. The number of sulfone groups is 1. The molecular formula is C14H18O3S. The number of hydrogen-bond acceptors (Lipinski definition) is 3. The van der Waals surface area contributed by atoms with E-state index in [9.17, 15) is 13.5 Å². The lowest BCUT2D eigenvalue weighted by Crippen LogP contribution is -2.17. The van der Waals surface area contributed by atoms with Crippen LogP contribution in [0.25, 0.3) is 0 Å². The molecule has 1 aromatic rings. The Morgan fingerprint density at radius 2 is 2.06 bits per heavy atom. The molecule has 0 amide bonds. The lowest BCUT2D eigenvalue weighted by atomic mass is 9.95. The number of hydrogen-bond donors (Lipinski definition) is 1. The van der Waals surface area contributed by atoms with Gasteiger partial charge in [0.2, 0.25) is 0 Å². The molecule has 0 unspecified atom stereocenters. The Labute approximate surface area is 108 Å². The minimum atomic E-state index is -3.04. The van der Waals surface area contributed by atoms with E-state index in [0.717, 1.165) is 43.2 Å². The molecule has 0 radical (unpaired) electrons. The fraction of sp³-hybridized carbons (Fsp3) is 0.571. The van der Waals surface area contributed by atoms with Gasteiger partial charge in [-0.2, -0.15) is 0 Å². The number of rotatable bonds is 3. The molecule has 3 rings (SSSR count). The highest BCUT2D eigenvalue weighted by molar-refractivity contribution is 7.91. The molecule has 1 fully saturated rings. The molecular weight excluding hydrogens is 248 g/mol. The topological polar surface area (TPSA) is 54.4 Å².